The van der Waals surface area contributed by atoms with E-state index in [4.69, 9.17) is 17.5 Å². The van der Waals surface area contributed by atoms with E-state index in [1.165, 1.54) is 27.6 Å². The van der Waals surface area contributed by atoms with Crippen molar-refractivity contribution in [1.29, 1.82) is 0 Å². The number of H-pyrrole nitrogens is 2. The van der Waals surface area contributed by atoms with Crippen LogP contribution in [0.25, 0.3) is 10.9 Å². The van der Waals surface area contributed by atoms with E-state index in [0.29, 0.717) is 0 Å². The normalized spacial score (nSPS) is 11.2. The first-order valence-corrected chi connectivity index (χ1v) is 8.99. The summed E-state index contributed by atoms with van der Waals surface area (Å²) in [5, 5.41) is 15.4. The number of nitrogens with zero attached hydrogens (tertiary/aromatic N) is 2. The van der Waals surface area contributed by atoms with Crippen LogP contribution in [0.2, 0.25) is 0 Å². The predicted molar refractivity (Wildman–Crippen MR) is 95.3 cm³/mol. The highest BCUT2D eigenvalue weighted by Crippen LogP contribution is 2.32. The number of aromatic amines is 2. The number of anilines is 1. The highest BCUT2D eigenvalue weighted by atomic mass is 32.3. The van der Waals surface area contributed by atoms with E-state index in [0.717, 1.165) is 24.5 Å². The molecule has 0 aliphatic carbocycles. The van der Waals surface area contributed by atoms with E-state index < -0.39 is 10.4 Å². The molecule has 3 aromatic rings. The first-order chi connectivity index (χ1) is 11.7. The molecule has 0 spiro atoms. The lowest BCUT2D eigenvalue weighted by Crippen LogP contribution is -2.01. The van der Waals surface area contributed by atoms with Gasteiger partial charge in [-0.25, -0.2) is 0 Å². The highest BCUT2D eigenvalue weighted by Gasteiger charge is 2.15. The fourth-order valence-corrected chi connectivity index (χ4v) is 2.64. The SMILES string of the molecule is CCNc1[nH]c2ccc(C)c(C)c2c1Cc1cn[nH]n1.O=S(=O)(O)O. The van der Waals surface area contributed by atoms with Gasteiger partial charge in [0.15, 0.2) is 0 Å². The number of hydrogen-bond acceptors (Lipinski definition) is 5. The zero-order chi connectivity index (χ0) is 18.6. The van der Waals surface area contributed by atoms with Gasteiger partial charge in [-0.3, -0.25) is 9.11 Å². The van der Waals surface area contributed by atoms with Gasteiger partial charge in [-0.1, -0.05) is 6.07 Å². The molecule has 1 aromatic carbocycles. The molecular formula is C15H21N5O4S. The van der Waals surface area contributed by atoms with Gasteiger partial charge < -0.3 is 10.3 Å². The van der Waals surface area contributed by atoms with Gasteiger partial charge in [-0.2, -0.15) is 23.8 Å². The molecule has 0 saturated heterocycles. The van der Waals surface area contributed by atoms with E-state index in [9.17, 15) is 0 Å². The Morgan fingerprint density at radius 2 is 1.92 bits per heavy atom. The highest BCUT2D eigenvalue weighted by molar-refractivity contribution is 7.79. The third-order valence-electron chi connectivity index (χ3n) is 3.78. The third kappa shape index (κ3) is 5.02. The third-order valence-corrected chi connectivity index (χ3v) is 3.78. The Labute approximate surface area is 145 Å². The number of nitrogens with one attached hydrogen (secondary N) is 3. The molecule has 0 aliphatic heterocycles. The number of rotatable bonds is 4. The Morgan fingerprint density at radius 3 is 2.48 bits per heavy atom. The predicted octanol–water partition coefficient (Wildman–Crippen LogP) is 2.27. The average molecular weight is 367 g/mol. The Balaban J connectivity index is 0.000000399. The minimum absolute atomic E-state index is 0.767. The van der Waals surface area contributed by atoms with Crippen LogP contribution >= 0.6 is 0 Å². The van der Waals surface area contributed by atoms with Crippen LogP contribution in [0.4, 0.5) is 5.82 Å². The molecule has 0 amide bonds. The van der Waals surface area contributed by atoms with Crippen LogP contribution < -0.4 is 5.32 Å². The summed E-state index contributed by atoms with van der Waals surface area (Å²) in [5.41, 5.74) is 6.01. The number of fused-ring (bicyclic) bond motifs is 1. The van der Waals surface area contributed by atoms with Gasteiger partial charge in [0.05, 0.1) is 11.9 Å². The minimum atomic E-state index is -4.67. The fraction of sp³-hybridized carbons (Fsp3) is 0.333. The molecule has 136 valence electrons. The summed E-state index contributed by atoms with van der Waals surface area (Å²) in [7, 11) is -4.67. The van der Waals surface area contributed by atoms with Crippen LogP contribution in [0.1, 0.15) is 29.3 Å². The lowest BCUT2D eigenvalue weighted by molar-refractivity contribution is 0.381. The summed E-state index contributed by atoms with van der Waals surface area (Å²) in [6.07, 6.45) is 2.54. The molecule has 3 rings (SSSR count). The van der Waals surface area contributed by atoms with Crippen molar-refractivity contribution in [3.05, 3.63) is 40.7 Å². The van der Waals surface area contributed by atoms with Gasteiger partial charge in [0, 0.05) is 29.4 Å². The summed E-state index contributed by atoms with van der Waals surface area (Å²) < 4.78 is 31.6. The summed E-state index contributed by atoms with van der Waals surface area (Å²) in [5.74, 6) is 1.08. The van der Waals surface area contributed by atoms with Crippen LogP contribution in [0.5, 0.6) is 0 Å². The Bertz CT molecular complexity index is 940. The van der Waals surface area contributed by atoms with Gasteiger partial charge in [0.1, 0.15) is 5.82 Å². The van der Waals surface area contributed by atoms with Crippen LogP contribution in [0.15, 0.2) is 18.3 Å². The minimum Gasteiger partial charge on any atom is -0.372 e. The molecule has 0 saturated carbocycles. The van der Waals surface area contributed by atoms with E-state index in [1.54, 1.807) is 6.20 Å². The van der Waals surface area contributed by atoms with Crippen molar-refractivity contribution in [2.45, 2.75) is 27.2 Å². The van der Waals surface area contributed by atoms with Crippen LogP contribution in [0, 0.1) is 13.8 Å². The monoisotopic (exact) mass is 367 g/mol. The first kappa shape index (κ1) is 18.9. The van der Waals surface area contributed by atoms with Crippen molar-refractivity contribution >= 4 is 27.1 Å². The first-order valence-electron chi connectivity index (χ1n) is 7.59. The number of aromatic nitrogens is 4. The fourth-order valence-electron chi connectivity index (χ4n) is 2.64. The second kappa shape index (κ2) is 7.64. The van der Waals surface area contributed by atoms with Crippen LogP contribution in [-0.4, -0.2) is 44.5 Å². The smallest absolute Gasteiger partial charge is 0.372 e. The Morgan fingerprint density at radius 1 is 1.24 bits per heavy atom. The molecule has 0 atom stereocenters. The lowest BCUT2D eigenvalue weighted by atomic mass is 10.00. The molecule has 9 nitrogen and oxygen atoms in total. The van der Waals surface area contributed by atoms with Gasteiger partial charge in [0.25, 0.3) is 0 Å². The van der Waals surface area contributed by atoms with Gasteiger partial charge in [-0.05, 0) is 38.0 Å². The molecule has 0 aliphatic rings. The van der Waals surface area contributed by atoms with Crippen molar-refractivity contribution in [2.75, 3.05) is 11.9 Å². The zero-order valence-corrected chi connectivity index (χ0v) is 15.0. The van der Waals surface area contributed by atoms with Crippen molar-refractivity contribution in [2.24, 2.45) is 0 Å². The standard InChI is InChI=1S/C15H19N5.H2O4S/c1-4-16-15-12(7-11-8-17-20-19-11)14-10(3)9(2)5-6-13(14)18-15;1-5(2,3)4/h5-6,8,16,18H,4,7H2,1-3H3,(H,17,19,20);(H2,1,2,3,4). The maximum atomic E-state index is 8.74. The quantitative estimate of drug-likeness (QED) is 0.445. The van der Waals surface area contributed by atoms with Crippen molar-refractivity contribution < 1.29 is 17.5 Å². The topological polar surface area (TPSA) is 144 Å². The summed E-state index contributed by atoms with van der Waals surface area (Å²) in [6, 6.07) is 4.30. The molecule has 0 radical (unpaired) electrons. The number of benzene rings is 1. The van der Waals surface area contributed by atoms with Gasteiger partial charge >= 0.3 is 10.4 Å². The van der Waals surface area contributed by atoms with E-state index in [2.05, 4.69) is 58.6 Å². The lowest BCUT2D eigenvalue weighted by Gasteiger charge is -2.06. The molecule has 0 fully saturated rings. The Hall–Kier alpha value is -2.43. The van der Waals surface area contributed by atoms with Crippen molar-refractivity contribution in [1.82, 2.24) is 20.4 Å². The molecule has 0 unspecified atom stereocenters. The second-order valence-electron chi connectivity index (χ2n) is 5.52. The van der Waals surface area contributed by atoms with Crippen molar-refractivity contribution in [3.8, 4) is 0 Å². The van der Waals surface area contributed by atoms with Gasteiger partial charge in [-0.15, -0.1) is 0 Å². The van der Waals surface area contributed by atoms with E-state index in [1.807, 2.05) is 0 Å². The molecule has 0 bridgehead atoms. The number of hydrogen-bond donors (Lipinski definition) is 5. The molecular weight excluding hydrogens is 346 g/mol. The van der Waals surface area contributed by atoms with Gasteiger partial charge in [0.2, 0.25) is 0 Å². The second-order valence-corrected chi connectivity index (χ2v) is 6.42. The van der Waals surface area contributed by atoms with E-state index >= 15 is 0 Å². The van der Waals surface area contributed by atoms with Crippen molar-refractivity contribution in [3.63, 3.8) is 0 Å². The maximum Gasteiger partial charge on any atom is 0.394 e. The van der Waals surface area contributed by atoms with Crippen LogP contribution in [0.3, 0.4) is 0 Å². The van der Waals surface area contributed by atoms with Crippen LogP contribution in [-0.2, 0) is 16.8 Å². The molecule has 2 heterocycles. The van der Waals surface area contributed by atoms with E-state index in [-0.39, 0.29) is 0 Å². The largest absolute Gasteiger partial charge is 0.394 e. The Kier molecular flexibility index (Phi) is 5.77. The summed E-state index contributed by atoms with van der Waals surface area (Å²) >= 11 is 0. The zero-order valence-electron chi connectivity index (χ0n) is 14.2. The maximum absolute atomic E-state index is 8.74. The summed E-state index contributed by atoms with van der Waals surface area (Å²) in [4.78, 5) is 3.48. The molecule has 2 aromatic heterocycles. The molecule has 5 N–H and O–H groups in total. The molecule has 10 heteroatoms. The number of aryl methyl sites for hydroxylation is 2. The summed E-state index contributed by atoms with van der Waals surface area (Å²) in [6.45, 7) is 7.31. The average Bonchev–Trinajstić information content (AvgIpc) is 3.11. The molecule has 25 heavy (non-hydrogen) atoms.